The second-order valence-corrected chi connectivity index (χ2v) is 5.86. The predicted octanol–water partition coefficient (Wildman–Crippen LogP) is 2.39. The summed E-state index contributed by atoms with van der Waals surface area (Å²) in [7, 11) is 2.32. The molecule has 1 heterocycles. The van der Waals surface area contributed by atoms with Crippen molar-refractivity contribution in [2.45, 2.75) is 26.3 Å². The Balaban J connectivity index is 1.91. The van der Waals surface area contributed by atoms with E-state index in [2.05, 4.69) is 37.9 Å². The number of hydrogen-bond donors (Lipinski definition) is 0. The molecule has 0 spiro atoms. The molecule has 2 fully saturated rings. The number of hydrogen-bond acceptors (Lipinski definition) is 1. The van der Waals surface area contributed by atoms with Crippen molar-refractivity contribution in [3.8, 4) is 0 Å². The standard InChI is InChI=1S/C13H21N/c1-8(2)13-12-10-5-4-9(6-10)11(12)7-14(13)3/h4-5,8-13H,6-7H2,1-3H3/t9?,10?,11?,12-,13?/m1/s1. The van der Waals surface area contributed by atoms with Crippen LogP contribution in [0.25, 0.3) is 0 Å². The Morgan fingerprint density at radius 2 is 1.93 bits per heavy atom. The fourth-order valence-electron chi connectivity index (χ4n) is 4.43. The third-order valence-corrected chi connectivity index (χ3v) is 4.77. The van der Waals surface area contributed by atoms with Gasteiger partial charge in [-0.25, -0.2) is 0 Å². The zero-order valence-electron chi connectivity index (χ0n) is 9.48. The molecule has 0 radical (unpaired) electrons. The van der Waals surface area contributed by atoms with Gasteiger partial charge in [-0.2, -0.15) is 0 Å². The Hall–Kier alpha value is -0.300. The second kappa shape index (κ2) is 2.85. The first-order chi connectivity index (χ1) is 6.68. The van der Waals surface area contributed by atoms with Gasteiger partial charge < -0.3 is 4.90 Å². The molecule has 1 aliphatic heterocycles. The molecule has 4 unspecified atom stereocenters. The molecule has 1 saturated carbocycles. The highest BCUT2D eigenvalue weighted by atomic mass is 15.2. The van der Waals surface area contributed by atoms with Crippen LogP contribution in [-0.2, 0) is 0 Å². The van der Waals surface area contributed by atoms with E-state index in [-0.39, 0.29) is 0 Å². The maximum Gasteiger partial charge on any atom is 0.0152 e. The summed E-state index contributed by atoms with van der Waals surface area (Å²) in [5.74, 6) is 4.64. The maximum absolute atomic E-state index is 2.62. The van der Waals surface area contributed by atoms with Crippen LogP contribution in [-0.4, -0.2) is 24.5 Å². The van der Waals surface area contributed by atoms with Crippen molar-refractivity contribution in [1.29, 1.82) is 0 Å². The highest BCUT2D eigenvalue weighted by Gasteiger charge is 2.53. The van der Waals surface area contributed by atoms with E-state index < -0.39 is 0 Å². The lowest BCUT2D eigenvalue weighted by Gasteiger charge is -2.31. The van der Waals surface area contributed by atoms with Crippen LogP contribution in [0.1, 0.15) is 20.3 Å². The monoisotopic (exact) mass is 191 g/mol. The van der Waals surface area contributed by atoms with Crippen molar-refractivity contribution in [2.24, 2.45) is 29.6 Å². The highest BCUT2D eigenvalue weighted by molar-refractivity contribution is 5.18. The first kappa shape index (κ1) is 8.96. The number of likely N-dealkylation sites (tertiary alicyclic amines) is 1. The largest absolute Gasteiger partial charge is 0.303 e. The summed E-state index contributed by atoms with van der Waals surface area (Å²) < 4.78 is 0. The first-order valence-corrected chi connectivity index (χ1v) is 6.07. The van der Waals surface area contributed by atoms with E-state index in [4.69, 9.17) is 0 Å². The summed E-state index contributed by atoms with van der Waals surface area (Å²) in [5, 5.41) is 0. The van der Waals surface area contributed by atoms with Gasteiger partial charge in [-0.15, -0.1) is 0 Å². The van der Waals surface area contributed by atoms with Gasteiger partial charge in [-0.1, -0.05) is 26.0 Å². The van der Waals surface area contributed by atoms with Crippen LogP contribution in [0.4, 0.5) is 0 Å². The van der Waals surface area contributed by atoms with Gasteiger partial charge in [0.2, 0.25) is 0 Å². The van der Waals surface area contributed by atoms with Gasteiger partial charge in [0.25, 0.3) is 0 Å². The molecule has 2 aliphatic carbocycles. The van der Waals surface area contributed by atoms with Crippen molar-refractivity contribution < 1.29 is 0 Å². The summed E-state index contributed by atoms with van der Waals surface area (Å²) >= 11 is 0. The van der Waals surface area contributed by atoms with Crippen LogP contribution < -0.4 is 0 Å². The van der Waals surface area contributed by atoms with Crippen molar-refractivity contribution in [3.63, 3.8) is 0 Å². The Bertz CT molecular complexity index is 268. The zero-order valence-corrected chi connectivity index (χ0v) is 9.48. The molecule has 1 heteroatoms. The predicted molar refractivity (Wildman–Crippen MR) is 59.0 cm³/mol. The van der Waals surface area contributed by atoms with E-state index in [9.17, 15) is 0 Å². The van der Waals surface area contributed by atoms with Crippen LogP contribution in [0.15, 0.2) is 12.2 Å². The van der Waals surface area contributed by atoms with Crippen LogP contribution in [0, 0.1) is 29.6 Å². The maximum atomic E-state index is 2.62. The summed E-state index contributed by atoms with van der Waals surface area (Å²) in [6.45, 7) is 6.12. The minimum atomic E-state index is 0.822. The summed E-state index contributed by atoms with van der Waals surface area (Å²) in [5.41, 5.74) is 0. The number of nitrogens with zero attached hydrogens (tertiary/aromatic N) is 1. The Labute approximate surface area is 87.2 Å². The average molecular weight is 191 g/mol. The normalized spacial score (nSPS) is 50.7. The van der Waals surface area contributed by atoms with E-state index in [1.54, 1.807) is 0 Å². The van der Waals surface area contributed by atoms with E-state index in [1.807, 2.05) is 0 Å². The molecule has 78 valence electrons. The molecular formula is C13H21N. The van der Waals surface area contributed by atoms with Gasteiger partial charge >= 0.3 is 0 Å². The van der Waals surface area contributed by atoms with Gasteiger partial charge in [0, 0.05) is 12.6 Å². The third kappa shape index (κ3) is 0.995. The Kier molecular flexibility index (Phi) is 1.82. The first-order valence-electron chi connectivity index (χ1n) is 6.07. The molecule has 14 heavy (non-hydrogen) atoms. The van der Waals surface area contributed by atoms with Crippen LogP contribution in [0.3, 0.4) is 0 Å². The van der Waals surface area contributed by atoms with E-state index in [0.29, 0.717) is 0 Å². The molecule has 5 atom stereocenters. The molecule has 0 aromatic rings. The SMILES string of the molecule is CC(C)C1[C@@H]2C3C=CC(C3)C2CN1C. The van der Waals surface area contributed by atoms with Gasteiger partial charge in [0.1, 0.15) is 0 Å². The summed E-state index contributed by atoms with van der Waals surface area (Å²) in [6, 6.07) is 0.847. The van der Waals surface area contributed by atoms with E-state index >= 15 is 0 Å². The second-order valence-electron chi connectivity index (χ2n) is 5.86. The van der Waals surface area contributed by atoms with Crippen molar-refractivity contribution in [1.82, 2.24) is 4.90 Å². The molecule has 2 bridgehead atoms. The lowest BCUT2D eigenvalue weighted by molar-refractivity contribution is 0.190. The molecule has 1 nitrogen and oxygen atoms in total. The third-order valence-electron chi connectivity index (χ3n) is 4.77. The topological polar surface area (TPSA) is 3.24 Å². The van der Waals surface area contributed by atoms with Crippen molar-refractivity contribution >= 4 is 0 Å². The smallest absolute Gasteiger partial charge is 0.0152 e. The lowest BCUT2D eigenvalue weighted by Crippen LogP contribution is -2.36. The lowest BCUT2D eigenvalue weighted by atomic mass is 9.78. The molecule has 1 saturated heterocycles. The molecule has 0 N–H and O–H groups in total. The van der Waals surface area contributed by atoms with Gasteiger partial charge in [0.15, 0.2) is 0 Å². The molecular weight excluding hydrogens is 170 g/mol. The highest BCUT2D eigenvalue weighted by Crippen LogP contribution is 2.54. The minimum Gasteiger partial charge on any atom is -0.303 e. The van der Waals surface area contributed by atoms with Crippen LogP contribution >= 0.6 is 0 Å². The number of allylic oxidation sites excluding steroid dienone is 2. The van der Waals surface area contributed by atoms with E-state index in [0.717, 1.165) is 35.6 Å². The van der Waals surface area contributed by atoms with Crippen molar-refractivity contribution in [3.05, 3.63) is 12.2 Å². The number of rotatable bonds is 1. The molecule has 0 amide bonds. The van der Waals surface area contributed by atoms with Crippen LogP contribution in [0.2, 0.25) is 0 Å². The van der Waals surface area contributed by atoms with Crippen molar-refractivity contribution in [2.75, 3.05) is 13.6 Å². The Morgan fingerprint density at radius 3 is 2.64 bits per heavy atom. The summed E-state index contributed by atoms with van der Waals surface area (Å²) in [6.07, 6.45) is 6.45. The molecule has 3 aliphatic rings. The van der Waals surface area contributed by atoms with Gasteiger partial charge in [-0.05, 0) is 43.1 Å². The zero-order chi connectivity index (χ0) is 9.87. The Morgan fingerprint density at radius 1 is 1.21 bits per heavy atom. The van der Waals surface area contributed by atoms with Gasteiger partial charge in [0.05, 0.1) is 0 Å². The summed E-state index contributed by atoms with van der Waals surface area (Å²) in [4.78, 5) is 2.62. The quantitative estimate of drug-likeness (QED) is 0.575. The average Bonchev–Trinajstić information content (AvgIpc) is 2.70. The molecule has 0 aromatic heterocycles. The fraction of sp³-hybridized carbons (Fsp3) is 0.846. The minimum absolute atomic E-state index is 0.822. The van der Waals surface area contributed by atoms with E-state index in [1.165, 1.54) is 13.0 Å². The molecule has 3 rings (SSSR count). The number of fused-ring (bicyclic) bond motifs is 5. The fourth-order valence-corrected chi connectivity index (χ4v) is 4.43. The van der Waals surface area contributed by atoms with Crippen LogP contribution in [0.5, 0.6) is 0 Å². The van der Waals surface area contributed by atoms with Gasteiger partial charge in [-0.3, -0.25) is 0 Å². The molecule has 0 aromatic carbocycles.